The summed E-state index contributed by atoms with van der Waals surface area (Å²) in [6, 6.07) is 9.69. The zero-order valence-electron chi connectivity index (χ0n) is 11.3. The van der Waals surface area contributed by atoms with Gasteiger partial charge in [-0.25, -0.2) is 0 Å². The van der Waals surface area contributed by atoms with Crippen molar-refractivity contribution >= 4 is 20.7 Å². The van der Waals surface area contributed by atoms with E-state index in [1.54, 1.807) is 11.9 Å². The van der Waals surface area contributed by atoms with Gasteiger partial charge in [-0.05, 0) is 56.7 Å². The molecule has 1 aromatic rings. The molecule has 0 unspecified atom stereocenters. The summed E-state index contributed by atoms with van der Waals surface area (Å²) in [6.45, 7) is 5.62. The molecule has 17 heavy (non-hydrogen) atoms. The first-order chi connectivity index (χ1) is 8.08. The first-order valence-electron chi connectivity index (χ1n) is 6.16. The predicted octanol–water partition coefficient (Wildman–Crippen LogP) is 3.51. The van der Waals surface area contributed by atoms with E-state index in [0.29, 0.717) is 0 Å². The van der Waals surface area contributed by atoms with Crippen LogP contribution >= 0.6 is 11.9 Å². The summed E-state index contributed by atoms with van der Waals surface area (Å²) in [5.74, 6) is 0.985. The van der Waals surface area contributed by atoms with Gasteiger partial charge in [-0.1, -0.05) is 19.1 Å². The van der Waals surface area contributed by atoms with Crippen LogP contribution in [0.5, 0.6) is 5.75 Å². The topological polar surface area (TPSA) is 12.5 Å². The molecule has 0 N–H and O–H groups in total. The third-order valence-corrected chi connectivity index (χ3v) is 4.72. The number of rotatable bonds is 7. The molecule has 0 spiro atoms. The molecule has 0 bridgehead atoms. The van der Waals surface area contributed by atoms with Crippen LogP contribution in [0.2, 0.25) is 19.1 Å². The number of hydrogen-bond acceptors (Lipinski definition) is 3. The molecule has 0 heterocycles. The first-order valence-corrected chi connectivity index (χ1v) is 10.1. The molecule has 0 atom stereocenters. The molecule has 0 fully saturated rings. The standard InChI is InChI=1S/C13H23NOSSi/c1-14(2)16-13-8-6-12(7-9-13)15-10-5-11-17(3)4/h6-9,17H,5,10-11H2,1-4H3. The highest BCUT2D eigenvalue weighted by Gasteiger charge is 1.99. The lowest BCUT2D eigenvalue weighted by Crippen LogP contribution is -2.04. The van der Waals surface area contributed by atoms with E-state index < -0.39 is 8.80 Å². The Bertz CT molecular complexity index is 314. The highest BCUT2D eigenvalue weighted by Crippen LogP contribution is 2.22. The highest BCUT2D eigenvalue weighted by molar-refractivity contribution is 7.97. The molecule has 0 radical (unpaired) electrons. The molecular formula is C13H23NOSSi. The zero-order chi connectivity index (χ0) is 12.7. The van der Waals surface area contributed by atoms with Crippen molar-refractivity contribution in [2.24, 2.45) is 0 Å². The molecule has 0 aromatic heterocycles. The first kappa shape index (κ1) is 14.6. The molecule has 1 rings (SSSR count). The second-order valence-electron chi connectivity index (χ2n) is 4.76. The van der Waals surface area contributed by atoms with Crippen LogP contribution in [0.1, 0.15) is 6.42 Å². The Morgan fingerprint density at radius 2 is 1.82 bits per heavy atom. The summed E-state index contributed by atoms with van der Waals surface area (Å²) >= 11 is 1.72. The lowest BCUT2D eigenvalue weighted by atomic mass is 10.3. The summed E-state index contributed by atoms with van der Waals surface area (Å²) in [5.41, 5.74) is 0. The fourth-order valence-electron chi connectivity index (χ4n) is 1.49. The average molecular weight is 269 g/mol. The third kappa shape index (κ3) is 6.76. The normalized spacial score (nSPS) is 11.2. The Kier molecular flexibility index (Phi) is 6.70. The van der Waals surface area contributed by atoms with Gasteiger partial charge in [-0.2, -0.15) is 0 Å². The smallest absolute Gasteiger partial charge is 0.119 e. The molecule has 1 aromatic carbocycles. The second kappa shape index (κ2) is 7.79. The van der Waals surface area contributed by atoms with Gasteiger partial charge in [0.2, 0.25) is 0 Å². The van der Waals surface area contributed by atoms with Gasteiger partial charge in [0.1, 0.15) is 5.75 Å². The maximum atomic E-state index is 5.72. The second-order valence-corrected chi connectivity index (χ2v) is 9.51. The summed E-state index contributed by atoms with van der Waals surface area (Å²) < 4.78 is 7.80. The van der Waals surface area contributed by atoms with E-state index in [1.807, 2.05) is 14.1 Å². The minimum absolute atomic E-state index is 0.410. The Hall–Kier alpha value is -0.453. The van der Waals surface area contributed by atoms with Gasteiger partial charge >= 0.3 is 0 Å². The Balaban J connectivity index is 2.30. The third-order valence-electron chi connectivity index (χ3n) is 2.31. The van der Waals surface area contributed by atoms with Crippen molar-refractivity contribution < 1.29 is 4.74 Å². The van der Waals surface area contributed by atoms with Gasteiger partial charge in [0.15, 0.2) is 0 Å². The molecule has 4 heteroatoms. The van der Waals surface area contributed by atoms with Crippen molar-refractivity contribution in [2.75, 3.05) is 20.7 Å². The molecule has 0 aliphatic rings. The number of nitrogens with zero attached hydrogens (tertiary/aromatic N) is 1. The van der Waals surface area contributed by atoms with E-state index in [9.17, 15) is 0 Å². The van der Waals surface area contributed by atoms with Crippen molar-refractivity contribution in [3.63, 3.8) is 0 Å². The summed E-state index contributed by atoms with van der Waals surface area (Å²) in [5, 5.41) is 0. The molecule has 0 aliphatic heterocycles. The van der Waals surface area contributed by atoms with E-state index in [4.69, 9.17) is 4.74 Å². The maximum absolute atomic E-state index is 5.72. The van der Waals surface area contributed by atoms with E-state index in [-0.39, 0.29) is 0 Å². The molecular weight excluding hydrogens is 246 g/mol. The van der Waals surface area contributed by atoms with Crippen LogP contribution in [0.15, 0.2) is 29.2 Å². The van der Waals surface area contributed by atoms with Crippen LogP contribution in [0.25, 0.3) is 0 Å². The van der Waals surface area contributed by atoms with Crippen LogP contribution in [-0.4, -0.2) is 33.8 Å². The lowest BCUT2D eigenvalue weighted by Gasteiger charge is -2.10. The summed E-state index contributed by atoms with van der Waals surface area (Å²) in [4.78, 5) is 1.25. The molecule has 0 amide bonds. The summed E-state index contributed by atoms with van der Waals surface area (Å²) in [6.07, 6.45) is 1.19. The molecule has 0 saturated heterocycles. The van der Waals surface area contributed by atoms with E-state index in [2.05, 4.69) is 41.7 Å². The highest BCUT2D eigenvalue weighted by atomic mass is 32.2. The van der Waals surface area contributed by atoms with Crippen LogP contribution in [0.3, 0.4) is 0 Å². The van der Waals surface area contributed by atoms with Crippen LogP contribution < -0.4 is 4.74 Å². The van der Waals surface area contributed by atoms with Gasteiger partial charge in [-0.3, -0.25) is 4.31 Å². The minimum Gasteiger partial charge on any atom is -0.494 e. The molecule has 2 nitrogen and oxygen atoms in total. The average Bonchev–Trinajstić information content (AvgIpc) is 2.25. The fourth-order valence-corrected chi connectivity index (χ4v) is 3.15. The Morgan fingerprint density at radius 3 is 2.35 bits per heavy atom. The monoisotopic (exact) mass is 269 g/mol. The van der Waals surface area contributed by atoms with Crippen LogP contribution in [0.4, 0.5) is 0 Å². The Labute approximate surface area is 111 Å². The van der Waals surface area contributed by atoms with Gasteiger partial charge in [-0.15, -0.1) is 0 Å². The van der Waals surface area contributed by atoms with Gasteiger partial charge < -0.3 is 4.74 Å². The van der Waals surface area contributed by atoms with Crippen molar-refractivity contribution in [3.8, 4) is 5.75 Å². The van der Waals surface area contributed by atoms with E-state index >= 15 is 0 Å². The largest absolute Gasteiger partial charge is 0.494 e. The maximum Gasteiger partial charge on any atom is 0.119 e. The van der Waals surface area contributed by atoms with Crippen molar-refractivity contribution in [3.05, 3.63) is 24.3 Å². The van der Waals surface area contributed by atoms with Crippen molar-refractivity contribution in [1.29, 1.82) is 0 Å². The van der Waals surface area contributed by atoms with Crippen LogP contribution in [-0.2, 0) is 0 Å². The molecule has 0 aliphatic carbocycles. The lowest BCUT2D eigenvalue weighted by molar-refractivity contribution is 0.317. The number of ether oxygens (including phenoxy) is 1. The quantitative estimate of drug-likeness (QED) is 0.427. The zero-order valence-corrected chi connectivity index (χ0v) is 13.2. The molecule has 96 valence electrons. The predicted molar refractivity (Wildman–Crippen MR) is 79.8 cm³/mol. The SMILES string of the molecule is CN(C)Sc1ccc(OCCC[SiH](C)C)cc1. The Morgan fingerprint density at radius 1 is 1.18 bits per heavy atom. The van der Waals surface area contributed by atoms with Gasteiger partial charge in [0, 0.05) is 13.7 Å². The van der Waals surface area contributed by atoms with Crippen molar-refractivity contribution in [2.45, 2.75) is 30.5 Å². The van der Waals surface area contributed by atoms with Gasteiger partial charge in [0.05, 0.1) is 6.61 Å². The minimum atomic E-state index is -0.410. The number of hydrogen-bond donors (Lipinski definition) is 0. The fraction of sp³-hybridized carbons (Fsp3) is 0.538. The van der Waals surface area contributed by atoms with Crippen molar-refractivity contribution in [1.82, 2.24) is 4.31 Å². The number of benzene rings is 1. The van der Waals surface area contributed by atoms with Crippen LogP contribution in [0, 0.1) is 0 Å². The summed E-state index contributed by atoms with van der Waals surface area (Å²) in [7, 11) is 3.68. The molecule has 0 saturated carbocycles. The van der Waals surface area contributed by atoms with E-state index in [0.717, 1.165) is 12.4 Å². The van der Waals surface area contributed by atoms with Gasteiger partial charge in [0.25, 0.3) is 0 Å². The van der Waals surface area contributed by atoms with E-state index in [1.165, 1.54) is 17.4 Å².